The topological polar surface area (TPSA) is 25.8 Å². The van der Waals surface area contributed by atoms with E-state index in [9.17, 15) is 0 Å². The Kier molecular flexibility index (Phi) is 13.1. The summed E-state index contributed by atoms with van der Waals surface area (Å²) in [4.78, 5) is 9.67. The minimum absolute atomic E-state index is 0.0147. The normalized spacial score (nSPS) is 11.5. The fourth-order valence-electron chi connectivity index (χ4n) is 8.54. The van der Waals surface area contributed by atoms with Gasteiger partial charge in [-0.15, -0.1) is 0 Å². The number of benzene rings is 7. The molecule has 0 saturated heterocycles. The van der Waals surface area contributed by atoms with Crippen LogP contribution in [0.4, 0.5) is 0 Å². The Morgan fingerprint density at radius 3 is 1.05 bits per heavy atom. The van der Waals surface area contributed by atoms with E-state index in [0.29, 0.717) is 5.02 Å². The third kappa shape index (κ3) is 9.80. The third-order valence-electron chi connectivity index (χ3n) is 12.0. The molecular weight excluding hydrogens is 808 g/mol. The molecule has 0 radical (unpaired) electrons. The van der Waals surface area contributed by atoms with E-state index in [2.05, 4.69) is 230 Å². The highest BCUT2D eigenvalue weighted by Crippen LogP contribution is 2.45. The number of aromatic nitrogens is 2. The molecule has 0 N–H and O–H groups in total. The summed E-state index contributed by atoms with van der Waals surface area (Å²) in [5.41, 5.74) is 20.1. The highest BCUT2D eigenvalue weighted by molar-refractivity contribution is 6.31. The molecule has 0 aliphatic heterocycles. The predicted molar refractivity (Wildman–Crippen MR) is 279 cm³/mol. The monoisotopic (exact) mass is 864 g/mol. The molecule has 0 aliphatic carbocycles. The fraction of sp³-hybridized carbons (Fsp3) is 0.161. The Morgan fingerprint density at radius 2 is 0.662 bits per heavy atom. The molecule has 2 nitrogen and oxygen atoms in total. The zero-order valence-corrected chi connectivity index (χ0v) is 39.6. The zero-order valence-electron chi connectivity index (χ0n) is 38.8. The second-order valence-electron chi connectivity index (χ2n) is 18.4. The summed E-state index contributed by atoms with van der Waals surface area (Å²) in [5.74, 6) is 0. The van der Waals surface area contributed by atoms with Gasteiger partial charge in [0.05, 0.1) is 11.4 Å². The fourth-order valence-corrected chi connectivity index (χ4v) is 8.77. The number of halogens is 1. The van der Waals surface area contributed by atoms with Crippen LogP contribution in [0.25, 0.3) is 89.3 Å². The van der Waals surface area contributed by atoms with Gasteiger partial charge in [0.2, 0.25) is 0 Å². The first-order chi connectivity index (χ1) is 31.4. The second kappa shape index (κ2) is 19.1. The highest BCUT2D eigenvalue weighted by atomic mass is 35.5. The van der Waals surface area contributed by atoms with Crippen LogP contribution in [0.1, 0.15) is 66.5 Å². The maximum atomic E-state index is 7.15. The molecule has 2 heterocycles. The average molecular weight is 866 g/mol. The molecule has 0 atom stereocenters. The molecule has 0 fully saturated rings. The van der Waals surface area contributed by atoms with Gasteiger partial charge in [0, 0.05) is 28.5 Å². The molecule has 0 amide bonds. The average Bonchev–Trinajstić information content (AvgIpc) is 3.34. The Morgan fingerprint density at radius 1 is 0.308 bits per heavy atom. The van der Waals surface area contributed by atoms with Crippen LogP contribution in [0, 0.1) is 0 Å². The van der Waals surface area contributed by atoms with Gasteiger partial charge in [0.1, 0.15) is 0 Å². The summed E-state index contributed by atoms with van der Waals surface area (Å²) in [6.07, 6.45) is 3.86. The van der Waals surface area contributed by atoms with Gasteiger partial charge in [-0.25, -0.2) is 0 Å². The van der Waals surface area contributed by atoms with E-state index < -0.39 is 0 Å². The lowest BCUT2D eigenvalue weighted by Gasteiger charge is -2.20. The number of hydrogen-bond donors (Lipinski definition) is 0. The number of nitrogens with zero attached hydrogens (tertiary/aromatic N) is 2. The molecule has 0 aliphatic rings. The van der Waals surface area contributed by atoms with E-state index in [4.69, 9.17) is 21.6 Å². The maximum Gasteiger partial charge on any atom is 0.0705 e. The van der Waals surface area contributed by atoms with Gasteiger partial charge < -0.3 is 0 Å². The molecule has 7 aromatic carbocycles. The predicted octanol–water partition coefficient (Wildman–Crippen LogP) is 18.1. The molecule has 9 aromatic rings. The number of rotatable bonds is 8. The standard InChI is InChI=1S/C60H51ClN2.C2H6/c1-59(2,3)46-29-31-62-57(38-46)42-25-27-53(55(36-42)40-17-9-7-10-18-40)51-23-15-13-21-49(51)44-33-45(35-48(61)34-44)50-22-14-16-24-52(50)54-28-26-43(37-56(54)41-19-11-8-12-20-41)58-39-47(30-32-63-58)60(4,5)6;1-2/h7-39H,1-6H3;1-2H3. The largest absolute Gasteiger partial charge is 0.256 e. The van der Waals surface area contributed by atoms with E-state index in [1.807, 2.05) is 26.2 Å². The van der Waals surface area contributed by atoms with Crippen molar-refractivity contribution < 1.29 is 0 Å². The smallest absolute Gasteiger partial charge is 0.0705 e. The number of hydrogen-bond acceptors (Lipinski definition) is 2. The van der Waals surface area contributed by atoms with Crippen LogP contribution in [0.5, 0.6) is 0 Å². The molecule has 2 aromatic heterocycles. The van der Waals surface area contributed by atoms with E-state index in [-0.39, 0.29) is 10.8 Å². The molecule has 0 spiro atoms. The second-order valence-corrected chi connectivity index (χ2v) is 18.9. The lowest BCUT2D eigenvalue weighted by atomic mass is 9.85. The first-order valence-corrected chi connectivity index (χ1v) is 23.1. The molecular formula is C62H57ClN2. The van der Waals surface area contributed by atoms with Crippen LogP contribution in [0.3, 0.4) is 0 Å². The molecule has 322 valence electrons. The van der Waals surface area contributed by atoms with Gasteiger partial charge >= 0.3 is 0 Å². The van der Waals surface area contributed by atoms with E-state index in [0.717, 1.165) is 89.3 Å². The highest BCUT2D eigenvalue weighted by Gasteiger charge is 2.20. The summed E-state index contributed by atoms with van der Waals surface area (Å²) in [7, 11) is 0. The number of pyridine rings is 2. The van der Waals surface area contributed by atoms with Crippen molar-refractivity contribution in [3.8, 4) is 89.3 Å². The van der Waals surface area contributed by atoms with E-state index in [1.165, 1.54) is 11.1 Å². The first-order valence-electron chi connectivity index (χ1n) is 22.7. The summed E-state index contributed by atoms with van der Waals surface area (Å²) in [6, 6.07) is 67.4. The Labute approximate surface area is 391 Å². The van der Waals surface area contributed by atoms with Crippen molar-refractivity contribution in [1.82, 2.24) is 9.97 Å². The molecule has 0 bridgehead atoms. The van der Waals surface area contributed by atoms with Crippen LogP contribution in [0.2, 0.25) is 5.02 Å². The van der Waals surface area contributed by atoms with Crippen LogP contribution in [0.15, 0.2) is 200 Å². The van der Waals surface area contributed by atoms with Gasteiger partial charge in [-0.05, 0) is 143 Å². The van der Waals surface area contributed by atoms with Crippen molar-refractivity contribution in [2.75, 3.05) is 0 Å². The summed E-state index contributed by atoms with van der Waals surface area (Å²) >= 11 is 7.15. The summed E-state index contributed by atoms with van der Waals surface area (Å²) < 4.78 is 0. The van der Waals surface area contributed by atoms with Crippen molar-refractivity contribution >= 4 is 11.6 Å². The Bertz CT molecular complexity index is 2870. The molecule has 3 heteroatoms. The molecule has 65 heavy (non-hydrogen) atoms. The van der Waals surface area contributed by atoms with Crippen molar-refractivity contribution in [2.45, 2.75) is 66.2 Å². The zero-order chi connectivity index (χ0) is 45.7. The molecule has 9 rings (SSSR count). The lowest BCUT2D eigenvalue weighted by Crippen LogP contribution is -2.11. The van der Waals surface area contributed by atoms with Gasteiger partial charge in [0.15, 0.2) is 0 Å². The van der Waals surface area contributed by atoms with Crippen molar-refractivity contribution in [2.24, 2.45) is 0 Å². The van der Waals surface area contributed by atoms with Crippen LogP contribution in [-0.4, -0.2) is 9.97 Å². The van der Waals surface area contributed by atoms with Crippen molar-refractivity contribution in [1.29, 1.82) is 0 Å². The maximum absolute atomic E-state index is 7.15. The van der Waals surface area contributed by atoms with Crippen molar-refractivity contribution in [3.05, 3.63) is 217 Å². The van der Waals surface area contributed by atoms with E-state index in [1.54, 1.807) is 0 Å². The lowest BCUT2D eigenvalue weighted by molar-refractivity contribution is 0.589. The SMILES string of the molecule is CC.CC(C)(C)c1ccnc(-c2ccc(-c3ccccc3-c3cc(Cl)cc(-c4ccccc4-c4ccc(-c5cc(C(C)(C)C)ccn5)cc4-c4ccccc4)c3)c(-c3ccccc3)c2)c1. The van der Waals surface area contributed by atoms with Gasteiger partial charge in [-0.2, -0.15) is 0 Å². The molecule has 0 unspecified atom stereocenters. The van der Waals surface area contributed by atoms with Gasteiger partial charge in [-0.1, -0.05) is 200 Å². The Hall–Kier alpha value is -6.87. The van der Waals surface area contributed by atoms with Crippen LogP contribution < -0.4 is 0 Å². The minimum atomic E-state index is 0.0147. The summed E-state index contributed by atoms with van der Waals surface area (Å²) in [5, 5.41) is 0.680. The minimum Gasteiger partial charge on any atom is -0.256 e. The first kappa shape index (κ1) is 44.7. The quantitative estimate of drug-likeness (QED) is 0.152. The van der Waals surface area contributed by atoms with Gasteiger partial charge in [0.25, 0.3) is 0 Å². The van der Waals surface area contributed by atoms with E-state index >= 15 is 0 Å². The Balaban J connectivity index is 0.00000284. The van der Waals surface area contributed by atoms with Crippen molar-refractivity contribution in [3.63, 3.8) is 0 Å². The van der Waals surface area contributed by atoms with Crippen LogP contribution >= 0.6 is 11.6 Å². The van der Waals surface area contributed by atoms with Gasteiger partial charge in [-0.3, -0.25) is 9.97 Å². The van der Waals surface area contributed by atoms with Crippen LogP contribution in [-0.2, 0) is 10.8 Å². The third-order valence-corrected chi connectivity index (χ3v) is 12.2. The molecule has 0 saturated carbocycles. The summed E-state index contributed by atoms with van der Waals surface area (Å²) in [6.45, 7) is 17.5.